The molecule has 0 heterocycles. The molecule has 0 fully saturated rings. The predicted molar refractivity (Wildman–Crippen MR) is 91.9 cm³/mol. The maximum atomic E-state index is 5.89. The molecule has 0 aliphatic rings. The van der Waals surface area contributed by atoms with Crippen LogP contribution < -0.4 is 10.1 Å². The quantitative estimate of drug-likeness (QED) is 0.765. The van der Waals surface area contributed by atoms with E-state index >= 15 is 0 Å². The Balaban J connectivity index is 2.01. The fraction of sp³-hybridized carbons (Fsp3) is 0.333. The monoisotopic (exact) mass is 347 g/mol. The van der Waals surface area contributed by atoms with Crippen molar-refractivity contribution in [3.05, 3.63) is 58.1 Å². The zero-order valence-corrected chi connectivity index (χ0v) is 14.4. The van der Waals surface area contributed by atoms with E-state index in [1.807, 2.05) is 30.3 Å². The third-order valence-corrected chi connectivity index (χ3v) is 3.86. The molecule has 0 spiro atoms. The summed E-state index contributed by atoms with van der Waals surface area (Å²) in [5, 5.41) is 3.45. The molecule has 0 atom stereocenters. The summed E-state index contributed by atoms with van der Waals surface area (Å²) in [6.45, 7) is 8.37. The molecule has 0 unspecified atom stereocenters. The van der Waals surface area contributed by atoms with E-state index in [0.717, 1.165) is 29.1 Å². The molecule has 1 N–H and O–H groups in total. The fourth-order valence-corrected chi connectivity index (χ4v) is 2.54. The lowest BCUT2D eigenvalue weighted by Crippen LogP contribution is -2.19. The minimum absolute atomic E-state index is 0.660. The van der Waals surface area contributed by atoms with E-state index in [9.17, 15) is 0 Å². The van der Waals surface area contributed by atoms with Crippen LogP contribution in [-0.2, 0) is 6.54 Å². The molecule has 0 saturated heterocycles. The maximum Gasteiger partial charge on any atom is 0.128 e. The number of hydrogen-bond acceptors (Lipinski definition) is 2. The maximum absolute atomic E-state index is 5.89. The van der Waals surface area contributed by atoms with Gasteiger partial charge in [0.15, 0.2) is 0 Å². The van der Waals surface area contributed by atoms with Crippen LogP contribution in [0.1, 0.15) is 25.0 Å². The molecule has 0 bridgehead atoms. The highest BCUT2D eigenvalue weighted by atomic mass is 79.9. The van der Waals surface area contributed by atoms with E-state index in [1.54, 1.807) is 0 Å². The van der Waals surface area contributed by atoms with Crippen molar-refractivity contribution in [2.75, 3.05) is 6.54 Å². The number of aryl methyl sites for hydroxylation is 1. The van der Waals surface area contributed by atoms with Gasteiger partial charge in [-0.05, 0) is 54.8 Å². The lowest BCUT2D eigenvalue weighted by molar-refractivity contribution is 0.481. The van der Waals surface area contributed by atoms with Gasteiger partial charge in [-0.1, -0.05) is 48.0 Å². The smallest absolute Gasteiger partial charge is 0.128 e. The van der Waals surface area contributed by atoms with Crippen molar-refractivity contribution in [3.8, 4) is 11.5 Å². The Labute approximate surface area is 135 Å². The van der Waals surface area contributed by atoms with Crippen LogP contribution in [0.25, 0.3) is 0 Å². The van der Waals surface area contributed by atoms with Crippen LogP contribution in [0.4, 0.5) is 0 Å². The van der Waals surface area contributed by atoms with Gasteiger partial charge in [-0.25, -0.2) is 0 Å². The molecule has 2 aromatic carbocycles. The van der Waals surface area contributed by atoms with Crippen molar-refractivity contribution in [2.45, 2.75) is 27.3 Å². The van der Waals surface area contributed by atoms with Gasteiger partial charge < -0.3 is 10.1 Å². The van der Waals surface area contributed by atoms with E-state index < -0.39 is 0 Å². The minimum atomic E-state index is 0.660. The first-order valence-corrected chi connectivity index (χ1v) is 8.07. The van der Waals surface area contributed by atoms with Crippen LogP contribution in [0.5, 0.6) is 11.5 Å². The highest BCUT2D eigenvalue weighted by Crippen LogP contribution is 2.27. The van der Waals surface area contributed by atoms with E-state index in [1.165, 1.54) is 11.1 Å². The summed E-state index contributed by atoms with van der Waals surface area (Å²) in [5.41, 5.74) is 2.44. The predicted octanol–water partition coefficient (Wildman–Crippen LogP) is 5.30. The van der Waals surface area contributed by atoms with Gasteiger partial charge in [-0.3, -0.25) is 0 Å². The molecular formula is C18H22BrNO. The van der Waals surface area contributed by atoms with Crippen molar-refractivity contribution < 1.29 is 4.74 Å². The normalized spacial score (nSPS) is 10.9. The molecule has 112 valence electrons. The highest BCUT2D eigenvalue weighted by Gasteiger charge is 2.04. The van der Waals surface area contributed by atoms with Crippen LogP contribution in [0, 0.1) is 12.8 Å². The molecule has 0 aromatic heterocycles. The molecule has 21 heavy (non-hydrogen) atoms. The second-order valence-electron chi connectivity index (χ2n) is 5.70. The number of halogens is 1. The Morgan fingerprint density at radius 1 is 1.10 bits per heavy atom. The van der Waals surface area contributed by atoms with Crippen molar-refractivity contribution in [1.29, 1.82) is 0 Å². The Kier molecular flexibility index (Phi) is 5.83. The summed E-state index contributed by atoms with van der Waals surface area (Å²) in [7, 11) is 0. The van der Waals surface area contributed by atoms with E-state index in [-0.39, 0.29) is 0 Å². The summed E-state index contributed by atoms with van der Waals surface area (Å²) in [5.74, 6) is 2.38. The van der Waals surface area contributed by atoms with Gasteiger partial charge in [0, 0.05) is 11.0 Å². The molecule has 3 heteroatoms. The molecule has 2 aromatic rings. The zero-order valence-electron chi connectivity index (χ0n) is 12.8. The minimum Gasteiger partial charge on any atom is -0.457 e. The van der Waals surface area contributed by atoms with Crippen molar-refractivity contribution in [3.63, 3.8) is 0 Å². The van der Waals surface area contributed by atoms with Crippen LogP contribution in [0.15, 0.2) is 46.9 Å². The SMILES string of the molecule is Cc1cccc(Oc2ccc(CNCC(C)C)c(Br)c2)c1. The molecule has 2 rings (SSSR count). The van der Waals surface area contributed by atoms with E-state index in [0.29, 0.717) is 5.92 Å². The zero-order chi connectivity index (χ0) is 15.2. The Hall–Kier alpha value is -1.32. The Bertz CT molecular complexity index is 596. The topological polar surface area (TPSA) is 21.3 Å². The molecule has 0 aliphatic carbocycles. The summed E-state index contributed by atoms with van der Waals surface area (Å²) in [6.07, 6.45) is 0. The number of benzene rings is 2. The number of ether oxygens (including phenoxy) is 1. The summed E-state index contributed by atoms with van der Waals surface area (Å²) >= 11 is 3.62. The highest BCUT2D eigenvalue weighted by molar-refractivity contribution is 9.10. The van der Waals surface area contributed by atoms with Crippen LogP contribution >= 0.6 is 15.9 Å². The second kappa shape index (κ2) is 7.62. The molecule has 0 radical (unpaired) electrons. The third-order valence-electron chi connectivity index (χ3n) is 3.12. The first kappa shape index (κ1) is 16.1. The van der Waals surface area contributed by atoms with E-state index in [4.69, 9.17) is 4.74 Å². The molecule has 0 aliphatic heterocycles. The lowest BCUT2D eigenvalue weighted by Gasteiger charge is -2.11. The van der Waals surface area contributed by atoms with Gasteiger partial charge in [0.05, 0.1) is 0 Å². The Morgan fingerprint density at radius 3 is 2.52 bits per heavy atom. The van der Waals surface area contributed by atoms with Gasteiger partial charge in [0.25, 0.3) is 0 Å². The fourth-order valence-electron chi connectivity index (χ4n) is 2.05. The summed E-state index contributed by atoms with van der Waals surface area (Å²) in [6, 6.07) is 14.2. The van der Waals surface area contributed by atoms with Crippen LogP contribution in [-0.4, -0.2) is 6.54 Å². The van der Waals surface area contributed by atoms with Gasteiger partial charge >= 0.3 is 0 Å². The molecule has 0 saturated carbocycles. The summed E-state index contributed by atoms with van der Waals surface area (Å²) in [4.78, 5) is 0. The van der Waals surface area contributed by atoms with Gasteiger partial charge in [0.1, 0.15) is 11.5 Å². The first-order valence-electron chi connectivity index (χ1n) is 7.28. The lowest BCUT2D eigenvalue weighted by atomic mass is 10.2. The standard InChI is InChI=1S/C18H22BrNO/c1-13(2)11-20-12-15-7-8-17(10-18(15)19)21-16-6-4-5-14(3)9-16/h4-10,13,20H,11-12H2,1-3H3. The number of hydrogen-bond donors (Lipinski definition) is 1. The van der Waals surface area contributed by atoms with Crippen LogP contribution in [0.2, 0.25) is 0 Å². The van der Waals surface area contributed by atoms with Gasteiger partial charge in [0.2, 0.25) is 0 Å². The molecule has 2 nitrogen and oxygen atoms in total. The Morgan fingerprint density at radius 2 is 1.86 bits per heavy atom. The van der Waals surface area contributed by atoms with E-state index in [2.05, 4.69) is 54.2 Å². The molecular weight excluding hydrogens is 326 g/mol. The van der Waals surface area contributed by atoms with Gasteiger partial charge in [-0.2, -0.15) is 0 Å². The van der Waals surface area contributed by atoms with Gasteiger partial charge in [-0.15, -0.1) is 0 Å². The van der Waals surface area contributed by atoms with Crippen molar-refractivity contribution >= 4 is 15.9 Å². The largest absolute Gasteiger partial charge is 0.457 e. The van der Waals surface area contributed by atoms with Crippen molar-refractivity contribution in [1.82, 2.24) is 5.32 Å². The summed E-state index contributed by atoms with van der Waals surface area (Å²) < 4.78 is 6.96. The third kappa shape index (κ3) is 5.18. The number of rotatable bonds is 6. The number of nitrogens with one attached hydrogen (secondary N) is 1. The average Bonchev–Trinajstić information content (AvgIpc) is 2.41. The second-order valence-corrected chi connectivity index (χ2v) is 6.55. The van der Waals surface area contributed by atoms with Crippen molar-refractivity contribution in [2.24, 2.45) is 5.92 Å². The van der Waals surface area contributed by atoms with Crippen LogP contribution in [0.3, 0.4) is 0 Å². The first-order chi connectivity index (χ1) is 10.0. The molecule has 0 amide bonds. The average molecular weight is 348 g/mol.